The molecule has 2 aliphatic rings. The van der Waals surface area contributed by atoms with Crippen molar-refractivity contribution in [1.82, 2.24) is 19.8 Å². The van der Waals surface area contributed by atoms with Crippen molar-refractivity contribution in [2.24, 2.45) is 10.4 Å². The number of aromatic nitrogens is 2. The van der Waals surface area contributed by atoms with Gasteiger partial charge in [-0.15, -0.1) is 24.0 Å². The predicted molar refractivity (Wildman–Crippen MR) is 120 cm³/mol. The molecule has 1 aliphatic carbocycles. The number of rotatable bonds is 5. The van der Waals surface area contributed by atoms with Gasteiger partial charge in [0.25, 0.3) is 0 Å². The van der Waals surface area contributed by atoms with Crippen molar-refractivity contribution in [3.63, 3.8) is 0 Å². The lowest BCUT2D eigenvalue weighted by atomic mass is 9.68. The first-order valence-corrected chi connectivity index (χ1v) is 9.85. The summed E-state index contributed by atoms with van der Waals surface area (Å²) in [6.07, 6.45) is 9.43. The number of benzene rings is 1. The van der Waals surface area contributed by atoms with Crippen LogP contribution in [-0.4, -0.2) is 40.0 Å². The molecule has 1 aromatic carbocycles. The van der Waals surface area contributed by atoms with Gasteiger partial charge in [-0.25, -0.2) is 9.98 Å². The maximum absolute atomic E-state index is 4.91. The van der Waals surface area contributed by atoms with Gasteiger partial charge >= 0.3 is 0 Å². The molecule has 1 aliphatic heterocycles. The number of likely N-dealkylation sites (tertiary alicyclic amines) is 1. The maximum atomic E-state index is 4.91. The second-order valence-electron chi connectivity index (χ2n) is 7.65. The Morgan fingerprint density at radius 3 is 2.70 bits per heavy atom. The van der Waals surface area contributed by atoms with Crippen molar-refractivity contribution in [3.8, 4) is 0 Å². The average Bonchev–Trinajstić information content (AvgIpc) is 3.27. The fraction of sp³-hybridized carbons (Fsp3) is 0.524. The van der Waals surface area contributed by atoms with Gasteiger partial charge in [0.1, 0.15) is 12.4 Å². The summed E-state index contributed by atoms with van der Waals surface area (Å²) in [6, 6.07) is 10.5. The number of nitrogens with zero attached hydrogens (tertiary/aromatic N) is 4. The van der Waals surface area contributed by atoms with Gasteiger partial charge in [0, 0.05) is 38.6 Å². The van der Waals surface area contributed by atoms with E-state index in [0.717, 1.165) is 38.0 Å². The smallest absolute Gasteiger partial charge is 0.194 e. The molecule has 0 amide bonds. The molecule has 2 fully saturated rings. The Morgan fingerprint density at radius 2 is 2.04 bits per heavy atom. The Balaban J connectivity index is 0.00000210. The van der Waals surface area contributed by atoms with E-state index in [1.807, 2.05) is 12.4 Å². The largest absolute Gasteiger partial charge is 0.357 e. The minimum atomic E-state index is 0. The number of nitrogens with one attached hydrogen (secondary N) is 1. The number of halogens is 1. The lowest BCUT2D eigenvalue weighted by Crippen LogP contribution is -2.42. The van der Waals surface area contributed by atoms with Crippen LogP contribution in [0.4, 0.5) is 0 Å². The van der Waals surface area contributed by atoms with Crippen molar-refractivity contribution in [1.29, 1.82) is 0 Å². The normalized spacial score (nSPS) is 18.3. The summed E-state index contributed by atoms with van der Waals surface area (Å²) in [7, 11) is 0. The SMILES string of the molecule is CCNC(=NCc1nccn1Cc1ccccc1)N1CCC2(CCC2)C1.I. The van der Waals surface area contributed by atoms with E-state index in [9.17, 15) is 0 Å². The fourth-order valence-corrected chi connectivity index (χ4v) is 4.19. The summed E-state index contributed by atoms with van der Waals surface area (Å²) in [5.74, 6) is 2.06. The molecule has 1 saturated carbocycles. The van der Waals surface area contributed by atoms with Crippen molar-refractivity contribution in [2.45, 2.75) is 45.7 Å². The van der Waals surface area contributed by atoms with Crippen molar-refractivity contribution < 1.29 is 0 Å². The molecule has 0 radical (unpaired) electrons. The van der Waals surface area contributed by atoms with Crippen molar-refractivity contribution in [2.75, 3.05) is 19.6 Å². The molecule has 0 bridgehead atoms. The summed E-state index contributed by atoms with van der Waals surface area (Å²) < 4.78 is 2.19. The third-order valence-electron chi connectivity index (χ3n) is 5.85. The summed E-state index contributed by atoms with van der Waals surface area (Å²) >= 11 is 0. The van der Waals surface area contributed by atoms with E-state index in [4.69, 9.17) is 4.99 Å². The van der Waals surface area contributed by atoms with Gasteiger partial charge in [-0.2, -0.15) is 0 Å². The highest BCUT2D eigenvalue weighted by Crippen LogP contribution is 2.47. The zero-order chi connectivity index (χ0) is 17.8. The summed E-state index contributed by atoms with van der Waals surface area (Å²) in [6.45, 7) is 6.80. The molecule has 2 aromatic rings. The van der Waals surface area contributed by atoms with E-state index < -0.39 is 0 Å². The third kappa shape index (κ3) is 4.65. The van der Waals surface area contributed by atoms with Gasteiger partial charge in [0.05, 0.1) is 0 Å². The molecule has 146 valence electrons. The monoisotopic (exact) mass is 479 g/mol. The van der Waals surface area contributed by atoms with Crippen molar-refractivity contribution in [3.05, 3.63) is 54.1 Å². The number of hydrogen-bond donors (Lipinski definition) is 1. The molecule has 5 nitrogen and oxygen atoms in total. The van der Waals surface area contributed by atoms with Gasteiger partial charge in [-0.05, 0) is 37.2 Å². The van der Waals surface area contributed by atoms with E-state index in [1.165, 1.54) is 31.2 Å². The van der Waals surface area contributed by atoms with Crippen LogP contribution >= 0.6 is 24.0 Å². The maximum Gasteiger partial charge on any atom is 0.194 e. The Labute approximate surface area is 179 Å². The van der Waals surface area contributed by atoms with Crippen molar-refractivity contribution >= 4 is 29.9 Å². The molecule has 4 rings (SSSR count). The molecule has 2 heterocycles. The first-order chi connectivity index (χ1) is 12.8. The molecule has 1 aromatic heterocycles. The predicted octanol–water partition coefficient (Wildman–Crippen LogP) is 3.89. The summed E-state index contributed by atoms with van der Waals surface area (Å²) in [5, 5.41) is 3.48. The molecule has 1 spiro atoms. The number of hydrogen-bond acceptors (Lipinski definition) is 2. The minimum Gasteiger partial charge on any atom is -0.357 e. The second-order valence-corrected chi connectivity index (χ2v) is 7.65. The first-order valence-electron chi connectivity index (χ1n) is 9.85. The number of imidazole rings is 1. The average molecular weight is 479 g/mol. The second kappa shape index (κ2) is 9.08. The van der Waals surface area contributed by atoms with E-state index in [0.29, 0.717) is 12.0 Å². The molecule has 6 heteroatoms. The zero-order valence-electron chi connectivity index (χ0n) is 16.1. The fourth-order valence-electron chi connectivity index (χ4n) is 4.19. The van der Waals surface area contributed by atoms with E-state index >= 15 is 0 Å². The highest BCUT2D eigenvalue weighted by Gasteiger charge is 2.43. The van der Waals surface area contributed by atoms with Crippen LogP contribution in [0.25, 0.3) is 0 Å². The minimum absolute atomic E-state index is 0. The molecular weight excluding hydrogens is 449 g/mol. The van der Waals surface area contributed by atoms with E-state index in [2.05, 4.69) is 57.0 Å². The van der Waals surface area contributed by atoms with E-state index in [-0.39, 0.29) is 24.0 Å². The Hall–Kier alpha value is -1.57. The topological polar surface area (TPSA) is 45.5 Å². The van der Waals surface area contributed by atoms with Crippen LogP contribution in [0.2, 0.25) is 0 Å². The molecule has 0 unspecified atom stereocenters. The lowest BCUT2D eigenvalue weighted by Gasteiger charge is -2.38. The van der Waals surface area contributed by atoms with Crippen LogP contribution < -0.4 is 5.32 Å². The zero-order valence-corrected chi connectivity index (χ0v) is 18.4. The Kier molecular flexibility index (Phi) is 6.78. The molecule has 1 N–H and O–H groups in total. The van der Waals surface area contributed by atoms with Crippen LogP contribution in [0.3, 0.4) is 0 Å². The third-order valence-corrected chi connectivity index (χ3v) is 5.85. The first kappa shape index (κ1) is 20.2. The van der Waals surface area contributed by atoms with Crippen LogP contribution in [-0.2, 0) is 13.1 Å². The molecule has 1 saturated heterocycles. The highest BCUT2D eigenvalue weighted by molar-refractivity contribution is 14.0. The van der Waals surface area contributed by atoms with Gasteiger partial charge in [0.15, 0.2) is 5.96 Å². The van der Waals surface area contributed by atoms with Gasteiger partial charge < -0.3 is 14.8 Å². The summed E-state index contributed by atoms with van der Waals surface area (Å²) in [5.41, 5.74) is 1.87. The van der Waals surface area contributed by atoms with Crippen LogP contribution in [0, 0.1) is 5.41 Å². The molecular formula is C21H30IN5. The van der Waals surface area contributed by atoms with Gasteiger partial charge in [0.2, 0.25) is 0 Å². The number of guanidine groups is 1. The quantitative estimate of drug-likeness (QED) is 0.402. The van der Waals surface area contributed by atoms with Gasteiger partial charge in [-0.3, -0.25) is 0 Å². The van der Waals surface area contributed by atoms with E-state index in [1.54, 1.807) is 0 Å². The Morgan fingerprint density at radius 1 is 1.22 bits per heavy atom. The standard InChI is InChI=1S/C21H29N5.HI/c1-2-22-20(26-13-11-21(17-26)9-6-10-21)24-15-19-23-12-14-25(19)16-18-7-4-3-5-8-18;/h3-5,7-8,12,14H,2,6,9-11,13,15-17H2,1H3,(H,22,24);1H. The highest BCUT2D eigenvalue weighted by atomic mass is 127. The van der Waals surface area contributed by atoms with Crippen LogP contribution in [0.15, 0.2) is 47.7 Å². The lowest BCUT2D eigenvalue weighted by molar-refractivity contribution is 0.151. The van der Waals surface area contributed by atoms with Crippen LogP contribution in [0.1, 0.15) is 44.0 Å². The molecule has 0 atom stereocenters. The Bertz CT molecular complexity index is 751. The van der Waals surface area contributed by atoms with Crippen LogP contribution in [0.5, 0.6) is 0 Å². The van der Waals surface area contributed by atoms with Gasteiger partial charge in [-0.1, -0.05) is 36.8 Å². The molecule has 27 heavy (non-hydrogen) atoms. The summed E-state index contributed by atoms with van der Waals surface area (Å²) in [4.78, 5) is 11.9. The number of aliphatic imine (C=N–C) groups is 1.